The van der Waals surface area contributed by atoms with E-state index in [4.69, 9.17) is 11.6 Å². The summed E-state index contributed by atoms with van der Waals surface area (Å²) < 4.78 is 0. The predicted molar refractivity (Wildman–Crippen MR) is 102 cm³/mol. The molecule has 0 aliphatic carbocycles. The molecule has 0 spiro atoms. The zero-order valence-corrected chi connectivity index (χ0v) is 14.9. The molecular weight excluding hydrogens is 330 g/mol. The van der Waals surface area contributed by atoms with E-state index in [2.05, 4.69) is 52.5 Å². The average molecular weight is 350 g/mol. The molecule has 0 N–H and O–H groups in total. The van der Waals surface area contributed by atoms with Crippen molar-refractivity contribution in [1.82, 2.24) is 15.1 Å². The predicted octanol–water partition coefficient (Wildman–Crippen LogP) is 4.76. The topological polar surface area (TPSA) is 29.0 Å². The first-order valence-corrected chi connectivity index (χ1v) is 8.93. The third-order valence-electron chi connectivity index (χ3n) is 4.90. The van der Waals surface area contributed by atoms with Crippen LogP contribution in [0, 0.1) is 0 Å². The van der Waals surface area contributed by atoms with Crippen LogP contribution in [0.1, 0.15) is 29.0 Å². The van der Waals surface area contributed by atoms with Crippen molar-refractivity contribution < 1.29 is 0 Å². The Morgan fingerprint density at radius 2 is 1.92 bits per heavy atom. The van der Waals surface area contributed by atoms with Gasteiger partial charge in [-0.15, -0.1) is 0 Å². The minimum Gasteiger partial charge on any atom is -0.302 e. The van der Waals surface area contributed by atoms with Gasteiger partial charge >= 0.3 is 0 Å². The number of halogens is 1. The first-order chi connectivity index (χ1) is 12.2. The Morgan fingerprint density at radius 3 is 2.68 bits per heavy atom. The molecule has 3 nitrogen and oxygen atoms in total. The highest BCUT2D eigenvalue weighted by atomic mass is 35.5. The lowest BCUT2D eigenvalue weighted by Crippen LogP contribution is -2.17. The van der Waals surface area contributed by atoms with E-state index in [0.29, 0.717) is 5.92 Å². The van der Waals surface area contributed by atoms with Crippen LogP contribution < -0.4 is 0 Å². The molecule has 3 aromatic rings. The lowest BCUT2D eigenvalue weighted by atomic mass is 9.86. The van der Waals surface area contributed by atoms with Gasteiger partial charge in [-0.2, -0.15) is 10.2 Å². The third-order valence-corrected chi connectivity index (χ3v) is 5.15. The smallest absolute Gasteiger partial charge is 0.0929 e. The van der Waals surface area contributed by atoms with Crippen molar-refractivity contribution in [2.75, 3.05) is 13.6 Å². The molecule has 1 unspecified atom stereocenters. The summed E-state index contributed by atoms with van der Waals surface area (Å²) in [5, 5.41) is 9.04. The minimum absolute atomic E-state index is 0.396. The number of aromatic nitrogens is 2. The number of hydrogen-bond donors (Lipinski definition) is 0. The lowest BCUT2D eigenvalue weighted by Gasteiger charge is -2.18. The van der Waals surface area contributed by atoms with Crippen molar-refractivity contribution in [3.8, 4) is 11.3 Å². The van der Waals surface area contributed by atoms with Crippen LogP contribution in [-0.2, 0) is 6.54 Å². The molecule has 2 heterocycles. The van der Waals surface area contributed by atoms with Crippen molar-refractivity contribution in [2.24, 2.45) is 0 Å². The van der Waals surface area contributed by atoms with Gasteiger partial charge in [0, 0.05) is 29.2 Å². The number of rotatable bonds is 2. The van der Waals surface area contributed by atoms with Gasteiger partial charge in [0.2, 0.25) is 0 Å². The maximum Gasteiger partial charge on any atom is 0.0929 e. The van der Waals surface area contributed by atoms with Crippen LogP contribution in [0.2, 0.25) is 5.02 Å². The molecule has 0 fully saturated rings. The molecule has 0 saturated heterocycles. The second-order valence-corrected chi connectivity index (χ2v) is 7.09. The Balaban J connectivity index is 1.78. The van der Waals surface area contributed by atoms with E-state index in [1.807, 2.05) is 24.3 Å². The molecule has 0 radical (unpaired) electrons. The van der Waals surface area contributed by atoms with Gasteiger partial charge in [-0.1, -0.05) is 35.9 Å². The quantitative estimate of drug-likeness (QED) is 0.667. The largest absolute Gasteiger partial charge is 0.302 e. The van der Waals surface area contributed by atoms with E-state index in [9.17, 15) is 0 Å². The summed E-state index contributed by atoms with van der Waals surface area (Å²) in [4.78, 5) is 2.38. The minimum atomic E-state index is 0.396. The fourth-order valence-corrected chi connectivity index (χ4v) is 3.74. The monoisotopic (exact) mass is 349 g/mol. The number of hydrogen-bond acceptors (Lipinski definition) is 3. The maximum atomic E-state index is 6.07. The van der Waals surface area contributed by atoms with Crippen LogP contribution in [0.5, 0.6) is 0 Å². The zero-order valence-electron chi connectivity index (χ0n) is 14.2. The van der Waals surface area contributed by atoms with Crippen LogP contribution >= 0.6 is 11.6 Å². The third kappa shape index (κ3) is 3.44. The van der Waals surface area contributed by atoms with Crippen molar-refractivity contribution in [2.45, 2.75) is 18.9 Å². The summed E-state index contributed by atoms with van der Waals surface area (Å²) in [5.74, 6) is 0.396. The van der Waals surface area contributed by atoms with Crippen molar-refractivity contribution in [3.63, 3.8) is 0 Å². The molecular formula is C21H20ClN3. The molecule has 1 aromatic heterocycles. The van der Waals surface area contributed by atoms with E-state index in [0.717, 1.165) is 35.8 Å². The highest BCUT2D eigenvalue weighted by molar-refractivity contribution is 6.30. The van der Waals surface area contributed by atoms with Gasteiger partial charge in [0.25, 0.3) is 0 Å². The number of nitrogens with zero attached hydrogens (tertiary/aromatic N) is 3. The van der Waals surface area contributed by atoms with Gasteiger partial charge in [0.05, 0.1) is 5.69 Å². The average Bonchev–Trinajstić information content (AvgIpc) is 2.81. The van der Waals surface area contributed by atoms with Crippen LogP contribution in [0.4, 0.5) is 0 Å². The Hall–Kier alpha value is -2.23. The molecule has 126 valence electrons. The van der Waals surface area contributed by atoms with E-state index >= 15 is 0 Å². The number of benzene rings is 2. The first-order valence-electron chi connectivity index (χ1n) is 8.55. The molecule has 4 heteroatoms. The summed E-state index contributed by atoms with van der Waals surface area (Å²) in [5.41, 5.74) is 6.13. The summed E-state index contributed by atoms with van der Waals surface area (Å²) in [7, 11) is 2.18. The summed E-state index contributed by atoms with van der Waals surface area (Å²) in [6.45, 7) is 2.02. The summed E-state index contributed by atoms with van der Waals surface area (Å²) in [6.07, 6.45) is 2.81. The van der Waals surface area contributed by atoms with E-state index in [-0.39, 0.29) is 0 Å². The maximum absolute atomic E-state index is 6.07. The second-order valence-electron chi connectivity index (χ2n) is 6.65. The molecule has 1 aliphatic rings. The van der Waals surface area contributed by atoms with E-state index in [1.54, 1.807) is 6.20 Å². The zero-order chi connectivity index (χ0) is 17.2. The fraction of sp³-hybridized carbons (Fsp3) is 0.238. The highest BCUT2D eigenvalue weighted by Gasteiger charge is 2.23. The van der Waals surface area contributed by atoms with Crippen molar-refractivity contribution in [3.05, 3.63) is 82.5 Å². The lowest BCUT2D eigenvalue weighted by molar-refractivity contribution is 0.328. The SMILES string of the molecule is CN1CCC(c2ccc(Cl)cc2)c2ccc(-c3cccnn3)cc2C1. The van der Waals surface area contributed by atoms with Crippen LogP contribution in [0.3, 0.4) is 0 Å². The second kappa shape index (κ2) is 6.95. The fourth-order valence-electron chi connectivity index (χ4n) is 3.61. The molecule has 4 rings (SSSR count). The van der Waals surface area contributed by atoms with Gasteiger partial charge in [-0.3, -0.25) is 0 Å². The van der Waals surface area contributed by atoms with Gasteiger partial charge < -0.3 is 4.90 Å². The van der Waals surface area contributed by atoms with E-state index in [1.165, 1.54) is 16.7 Å². The molecule has 1 atom stereocenters. The van der Waals surface area contributed by atoms with E-state index < -0.39 is 0 Å². The summed E-state index contributed by atoms with van der Waals surface area (Å²) in [6, 6.07) is 18.9. The molecule has 0 bridgehead atoms. The standard InChI is InChI=1S/C21H20ClN3/c1-25-12-10-20(15-4-7-18(22)8-5-15)19-9-6-16(13-17(19)14-25)21-3-2-11-23-24-21/h2-9,11,13,20H,10,12,14H2,1H3. The molecule has 2 aromatic carbocycles. The summed E-state index contributed by atoms with van der Waals surface area (Å²) >= 11 is 6.07. The molecule has 25 heavy (non-hydrogen) atoms. The molecule has 0 amide bonds. The van der Waals surface area contributed by atoms with Gasteiger partial charge in [-0.05, 0) is 67.0 Å². The normalized spacial score (nSPS) is 17.8. The van der Waals surface area contributed by atoms with Crippen molar-refractivity contribution in [1.29, 1.82) is 0 Å². The Bertz CT molecular complexity index is 862. The Morgan fingerprint density at radius 1 is 1.08 bits per heavy atom. The molecule has 0 saturated carbocycles. The van der Waals surface area contributed by atoms with Gasteiger partial charge in [0.1, 0.15) is 0 Å². The Labute approximate surface area is 153 Å². The van der Waals surface area contributed by atoms with Gasteiger partial charge in [-0.25, -0.2) is 0 Å². The Kier molecular flexibility index (Phi) is 4.51. The highest BCUT2D eigenvalue weighted by Crippen LogP contribution is 2.35. The van der Waals surface area contributed by atoms with Crippen molar-refractivity contribution >= 4 is 11.6 Å². The number of fused-ring (bicyclic) bond motifs is 1. The van der Waals surface area contributed by atoms with Crippen LogP contribution in [-0.4, -0.2) is 28.7 Å². The van der Waals surface area contributed by atoms with Crippen LogP contribution in [0.15, 0.2) is 60.8 Å². The first kappa shape index (κ1) is 16.2. The van der Waals surface area contributed by atoms with Gasteiger partial charge in [0.15, 0.2) is 0 Å². The molecule has 1 aliphatic heterocycles. The van der Waals surface area contributed by atoms with Crippen LogP contribution in [0.25, 0.3) is 11.3 Å².